The minimum atomic E-state index is 0.0484. The zero-order valence-electron chi connectivity index (χ0n) is 11.0. The summed E-state index contributed by atoms with van der Waals surface area (Å²) in [5, 5.41) is 1.92. The van der Waals surface area contributed by atoms with Gasteiger partial charge in [0, 0.05) is 12.2 Å². The molecule has 1 aromatic heterocycles. The lowest BCUT2D eigenvalue weighted by Crippen LogP contribution is -2.32. The van der Waals surface area contributed by atoms with Crippen LogP contribution < -0.4 is 10.6 Å². The number of nitrogens with zero attached hydrogens (tertiary/aromatic N) is 1. The van der Waals surface area contributed by atoms with Gasteiger partial charge in [0.15, 0.2) is 0 Å². The first-order valence-corrected chi connectivity index (χ1v) is 7.22. The largest absolute Gasteiger partial charge is 0.330 e. The van der Waals surface area contributed by atoms with E-state index < -0.39 is 0 Å². The SMILES string of the molecule is Cc1ccc(N(CCCN)C(=O)c2cccs2)cc1. The predicted octanol–water partition coefficient (Wildman–Crippen LogP) is 3.05. The lowest BCUT2D eigenvalue weighted by atomic mass is 10.2. The second kappa shape index (κ2) is 6.50. The maximum absolute atomic E-state index is 12.5. The quantitative estimate of drug-likeness (QED) is 0.911. The van der Waals surface area contributed by atoms with E-state index in [4.69, 9.17) is 5.73 Å². The van der Waals surface area contributed by atoms with Gasteiger partial charge in [-0.05, 0) is 43.5 Å². The van der Waals surface area contributed by atoms with Crippen LogP contribution in [0.15, 0.2) is 41.8 Å². The minimum Gasteiger partial charge on any atom is -0.330 e. The summed E-state index contributed by atoms with van der Waals surface area (Å²) in [7, 11) is 0. The van der Waals surface area contributed by atoms with Crippen LogP contribution >= 0.6 is 11.3 Å². The molecule has 0 radical (unpaired) electrons. The molecular formula is C15H18N2OS. The molecule has 0 atom stereocenters. The second-order valence-corrected chi connectivity index (χ2v) is 5.36. The summed E-state index contributed by atoms with van der Waals surface area (Å²) in [6.45, 7) is 3.27. The van der Waals surface area contributed by atoms with Crippen molar-refractivity contribution in [2.45, 2.75) is 13.3 Å². The standard InChI is InChI=1S/C15H18N2OS/c1-12-5-7-13(8-6-12)17(10-3-9-16)15(18)14-4-2-11-19-14/h2,4-8,11H,3,9-10,16H2,1H3. The van der Waals surface area contributed by atoms with Gasteiger partial charge in [0.05, 0.1) is 4.88 Å². The molecule has 2 N–H and O–H groups in total. The molecule has 0 bridgehead atoms. The van der Waals surface area contributed by atoms with E-state index in [1.807, 2.05) is 48.7 Å². The summed E-state index contributed by atoms with van der Waals surface area (Å²) in [4.78, 5) is 15.1. The third-order valence-electron chi connectivity index (χ3n) is 2.91. The third kappa shape index (κ3) is 3.43. The Morgan fingerprint density at radius 2 is 2.00 bits per heavy atom. The van der Waals surface area contributed by atoms with Crippen LogP contribution in [-0.4, -0.2) is 19.0 Å². The first-order chi connectivity index (χ1) is 9.22. The van der Waals surface area contributed by atoms with Crippen molar-refractivity contribution in [3.63, 3.8) is 0 Å². The number of anilines is 1. The fourth-order valence-corrected chi connectivity index (χ4v) is 2.53. The van der Waals surface area contributed by atoms with E-state index in [1.165, 1.54) is 16.9 Å². The van der Waals surface area contributed by atoms with Gasteiger partial charge in [-0.1, -0.05) is 23.8 Å². The van der Waals surface area contributed by atoms with Crippen molar-refractivity contribution in [2.24, 2.45) is 5.73 Å². The number of rotatable bonds is 5. The van der Waals surface area contributed by atoms with Crippen molar-refractivity contribution in [2.75, 3.05) is 18.0 Å². The highest BCUT2D eigenvalue weighted by Gasteiger charge is 2.17. The maximum atomic E-state index is 12.5. The van der Waals surface area contributed by atoms with Crippen LogP contribution in [0.4, 0.5) is 5.69 Å². The van der Waals surface area contributed by atoms with Gasteiger partial charge in [-0.2, -0.15) is 0 Å². The van der Waals surface area contributed by atoms with Gasteiger partial charge in [0.1, 0.15) is 0 Å². The van der Waals surface area contributed by atoms with Crippen molar-refractivity contribution < 1.29 is 4.79 Å². The van der Waals surface area contributed by atoms with E-state index in [9.17, 15) is 4.79 Å². The topological polar surface area (TPSA) is 46.3 Å². The van der Waals surface area contributed by atoms with Crippen LogP contribution in [0.25, 0.3) is 0 Å². The van der Waals surface area contributed by atoms with Crippen LogP contribution in [-0.2, 0) is 0 Å². The average molecular weight is 274 g/mol. The first kappa shape index (κ1) is 13.8. The molecule has 1 heterocycles. The van der Waals surface area contributed by atoms with Gasteiger partial charge >= 0.3 is 0 Å². The highest BCUT2D eigenvalue weighted by molar-refractivity contribution is 7.12. The third-order valence-corrected chi connectivity index (χ3v) is 3.77. The minimum absolute atomic E-state index is 0.0484. The normalized spacial score (nSPS) is 10.4. The molecule has 4 heteroatoms. The molecule has 0 aliphatic carbocycles. The van der Waals surface area contributed by atoms with Gasteiger partial charge in [-0.25, -0.2) is 0 Å². The number of nitrogens with two attached hydrogens (primary N) is 1. The highest BCUT2D eigenvalue weighted by Crippen LogP contribution is 2.20. The monoisotopic (exact) mass is 274 g/mol. The van der Waals surface area contributed by atoms with Crippen LogP contribution in [0.5, 0.6) is 0 Å². The number of carbonyl (C=O) groups is 1. The van der Waals surface area contributed by atoms with E-state index in [0.717, 1.165) is 17.0 Å². The summed E-state index contributed by atoms with van der Waals surface area (Å²) in [5.74, 6) is 0.0484. The molecule has 0 spiro atoms. The first-order valence-electron chi connectivity index (χ1n) is 6.34. The molecule has 0 aliphatic heterocycles. The Kier molecular flexibility index (Phi) is 4.71. The van der Waals surface area contributed by atoms with Gasteiger partial charge in [-0.15, -0.1) is 11.3 Å². The number of aryl methyl sites for hydroxylation is 1. The summed E-state index contributed by atoms with van der Waals surface area (Å²) < 4.78 is 0. The molecule has 3 nitrogen and oxygen atoms in total. The van der Waals surface area contributed by atoms with E-state index >= 15 is 0 Å². The van der Waals surface area contributed by atoms with Crippen LogP contribution in [0.2, 0.25) is 0 Å². The van der Waals surface area contributed by atoms with Crippen LogP contribution in [0.1, 0.15) is 21.7 Å². The summed E-state index contributed by atoms with van der Waals surface area (Å²) in [6, 6.07) is 11.8. The zero-order valence-corrected chi connectivity index (χ0v) is 11.8. The molecule has 1 amide bonds. The van der Waals surface area contributed by atoms with Crippen molar-refractivity contribution in [1.29, 1.82) is 0 Å². The Morgan fingerprint density at radius 3 is 2.58 bits per heavy atom. The fourth-order valence-electron chi connectivity index (χ4n) is 1.86. The van der Waals surface area contributed by atoms with Crippen molar-refractivity contribution in [1.82, 2.24) is 0 Å². The fraction of sp³-hybridized carbons (Fsp3) is 0.267. The molecule has 19 heavy (non-hydrogen) atoms. The van der Waals surface area contributed by atoms with Crippen LogP contribution in [0, 0.1) is 6.92 Å². The number of thiophene rings is 1. The van der Waals surface area contributed by atoms with Gasteiger partial charge < -0.3 is 10.6 Å². The Labute approximate surface area is 117 Å². The zero-order chi connectivity index (χ0) is 13.7. The van der Waals surface area contributed by atoms with Crippen LogP contribution in [0.3, 0.4) is 0 Å². The number of carbonyl (C=O) groups excluding carboxylic acids is 1. The Balaban J connectivity index is 2.25. The maximum Gasteiger partial charge on any atom is 0.268 e. The van der Waals surface area contributed by atoms with E-state index in [1.54, 1.807) is 4.90 Å². The molecule has 0 aliphatic rings. The number of hydrogen-bond acceptors (Lipinski definition) is 3. The lowest BCUT2D eigenvalue weighted by molar-refractivity contribution is 0.0990. The Bertz CT molecular complexity index is 520. The molecule has 0 unspecified atom stereocenters. The van der Waals surface area contributed by atoms with E-state index in [2.05, 4.69) is 0 Å². The molecule has 1 aromatic carbocycles. The molecule has 0 saturated carbocycles. The van der Waals surface area contributed by atoms with Crippen molar-refractivity contribution in [3.8, 4) is 0 Å². The Morgan fingerprint density at radius 1 is 1.26 bits per heavy atom. The smallest absolute Gasteiger partial charge is 0.268 e. The molecule has 2 aromatic rings. The lowest BCUT2D eigenvalue weighted by Gasteiger charge is -2.22. The summed E-state index contributed by atoms with van der Waals surface area (Å²) >= 11 is 1.47. The molecule has 2 rings (SSSR count). The highest BCUT2D eigenvalue weighted by atomic mass is 32.1. The number of hydrogen-bond donors (Lipinski definition) is 1. The second-order valence-electron chi connectivity index (χ2n) is 4.41. The summed E-state index contributed by atoms with van der Waals surface area (Å²) in [5.41, 5.74) is 7.68. The van der Waals surface area contributed by atoms with E-state index in [-0.39, 0.29) is 5.91 Å². The Hall–Kier alpha value is -1.65. The average Bonchev–Trinajstić information content (AvgIpc) is 2.95. The predicted molar refractivity (Wildman–Crippen MR) is 80.8 cm³/mol. The number of benzene rings is 1. The van der Waals surface area contributed by atoms with Gasteiger partial charge in [0.2, 0.25) is 0 Å². The van der Waals surface area contributed by atoms with Gasteiger partial charge in [0.25, 0.3) is 5.91 Å². The van der Waals surface area contributed by atoms with Gasteiger partial charge in [-0.3, -0.25) is 4.79 Å². The summed E-state index contributed by atoms with van der Waals surface area (Å²) in [6.07, 6.45) is 0.797. The number of amides is 1. The molecule has 0 saturated heterocycles. The van der Waals surface area contributed by atoms with Crippen molar-refractivity contribution >= 4 is 22.9 Å². The molecular weight excluding hydrogens is 256 g/mol. The van der Waals surface area contributed by atoms with Crippen molar-refractivity contribution in [3.05, 3.63) is 52.2 Å². The van der Waals surface area contributed by atoms with E-state index in [0.29, 0.717) is 13.1 Å². The molecule has 0 fully saturated rings. The molecule has 100 valence electrons.